The highest BCUT2D eigenvalue weighted by molar-refractivity contribution is 4.68. The van der Waals surface area contributed by atoms with Crippen molar-refractivity contribution in [1.29, 1.82) is 0 Å². The van der Waals surface area contributed by atoms with Crippen LogP contribution in [0.3, 0.4) is 0 Å². The Bertz CT molecular complexity index is 181. The molecule has 116 valence electrons. The molecule has 0 aliphatic carbocycles. The lowest BCUT2D eigenvalue weighted by Crippen LogP contribution is -2.38. The van der Waals surface area contributed by atoms with E-state index in [0.29, 0.717) is 6.04 Å². The van der Waals surface area contributed by atoms with Gasteiger partial charge in [0.2, 0.25) is 0 Å². The van der Waals surface area contributed by atoms with E-state index < -0.39 is 0 Å². The second kappa shape index (κ2) is 12.9. The van der Waals surface area contributed by atoms with Gasteiger partial charge < -0.3 is 14.8 Å². The first-order valence-electron chi connectivity index (χ1n) is 7.54. The first-order valence-corrected chi connectivity index (χ1v) is 7.54. The predicted octanol–water partition coefficient (Wildman–Crippen LogP) is 2.00. The molecule has 0 aromatic rings. The minimum absolute atomic E-state index is 0.589. The molecule has 0 aliphatic rings. The van der Waals surface area contributed by atoms with E-state index in [1.165, 1.54) is 12.8 Å². The van der Waals surface area contributed by atoms with Crippen LogP contribution >= 0.6 is 0 Å². The van der Waals surface area contributed by atoms with Crippen LogP contribution in [-0.4, -0.2) is 64.6 Å². The second-order valence-electron chi connectivity index (χ2n) is 5.61. The Hall–Kier alpha value is -0.160. The van der Waals surface area contributed by atoms with Crippen LogP contribution in [0, 0.1) is 5.92 Å². The molecule has 1 atom stereocenters. The summed E-state index contributed by atoms with van der Waals surface area (Å²) < 4.78 is 10.4. The van der Waals surface area contributed by atoms with Crippen molar-refractivity contribution in [3.63, 3.8) is 0 Å². The van der Waals surface area contributed by atoms with Crippen molar-refractivity contribution in [1.82, 2.24) is 10.2 Å². The van der Waals surface area contributed by atoms with E-state index in [1.54, 1.807) is 14.2 Å². The first kappa shape index (κ1) is 18.8. The Kier molecular flexibility index (Phi) is 12.7. The molecule has 19 heavy (non-hydrogen) atoms. The van der Waals surface area contributed by atoms with Crippen molar-refractivity contribution in [2.75, 3.05) is 53.6 Å². The van der Waals surface area contributed by atoms with Gasteiger partial charge >= 0.3 is 0 Å². The predicted molar refractivity (Wildman–Crippen MR) is 81.7 cm³/mol. The van der Waals surface area contributed by atoms with Gasteiger partial charge in [0.15, 0.2) is 0 Å². The molecule has 0 radical (unpaired) electrons. The van der Waals surface area contributed by atoms with Crippen molar-refractivity contribution in [2.24, 2.45) is 5.92 Å². The second-order valence-corrected chi connectivity index (χ2v) is 5.61. The number of rotatable bonds is 13. The quantitative estimate of drug-likeness (QED) is 0.521. The largest absolute Gasteiger partial charge is 0.383 e. The number of ether oxygens (including phenoxy) is 2. The molecule has 0 aromatic heterocycles. The van der Waals surface area contributed by atoms with E-state index in [-0.39, 0.29) is 0 Å². The molecular weight excluding hydrogens is 240 g/mol. The lowest BCUT2D eigenvalue weighted by Gasteiger charge is -2.28. The Morgan fingerprint density at radius 2 is 1.58 bits per heavy atom. The molecule has 0 amide bonds. The summed E-state index contributed by atoms with van der Waals surface area (Å²) >= 11 is 0. The molecule has 0 saturated carbocycles. The first-order chi connectivity index (χ1) is 9.11. The summed E-state index contributed by atoms with van der Waals surface area (Å²) in [5, 5.41) is 3.50. The highest BCUT2D eigenvalue weighted by Crippen LogP contribution is 2.06. The molecule has 0 rings (SSSR count). The highest BCUT2D eigenvalue weighted by atomic mass is 16.5. The Labute approximate surface area is 119 Å². The van der Waals surface area contributed by atoms with Gasteiger partial charge in [0.05, 0.1) is 13.2 Å². The van der Waals surface area contributed by atoms with Crippen LogP contribution in [0.15, 0.2) is 0 Å². The van der Waals surface area contributed by atoms with Crippen molar-refractivity contribution >= 4 is 0 Å². The minimum atomic E-state index is 0.589. The SMILES string of the molecule is COCCN(CCOC)C(C)CCCNCC(C)C. The fourth-order valence-electron chi connectivity index (χ4n) is 2.07. The molecule has 0 heterocycles. The van der Waals surface area contributed by atoms with E-state index in [2.05, 4.69) is 31.0 Å². The molecule has 0 bridgehead atoms. The summed E-state index contributed by atoms with van der Waals surface area (Å²) in [5.74, 6) is 0.734. The zero-order valence-corrected chi connectivity index (χ0v) is 13.6. The normalized spacial score (nSPS) is 13.4. The number of nitrogens with one attached hydrogen (secondary N) is 1. The van der Waals surface area contributed by atoms with Crippen LogP contribution in [0.25, 0.3) is 0 Å². The van der Waals surface area contributed by atoms with Crippen LogP contribution < -0.4 is 5.32 Å². The fraction of sp³-hybridized carbons (Fsp3) is 1.00. The fourth-order valence-corrected chi connectivity index (χ4v) is 2.07. The Balaban J connectivity index is 3.78. The standard InChI is InChI=1S/C15H34N2O2/c1-14(2)13-16-8-6-7-15(3)17(9-11-18-4)10-12-19-5/h14-16H,6-13H2,1-5H3. The van der Waals surface area contributed by atoms with E-state index in [4.69, 9.17) is 9.47 Å². The van der Waals surface area contributed by atoms with Gasteiger partial charge in [0.1, 0.15) is 0 Å². The summed E-state index contributed by atoms with van der Waals surface area (Å²) in [5.41, 5.74) is 0. The monoisotopic (exact) mass is 274 g/mol. The number of hydrogen-bond acceptors (Lipinski definition) is 4. The molecule has 0 fully saturated rings. The topological polar surface area (TPSA) is 33.7 Å². The van der Waals surface area contributed by atoms with E-state index in [1.807, 2.05) is 0 Å². The lowest BCUT2D eigenvalue weighted by atomic mass is 10.1. The zero-order valence-electron chi connectivity index (χ0n) is 13.6. The van der Waals surface area contributed by atoms with Crippen LogP contribution in [0.1, 0.15) is 33.6 Å². The average Bonchev–Trinajstić information content (AvgIpc) is 2.38. The van der Waals surface area contributed by atoms with Crippen molar-refractivity contribution in [3.8, 4) is 0 Å². The van der Waals surface area contributed by atoms with Crippen LogP contribution in [0.4, 0.5) is 0 Å². The number of nitrogens with zero attached hydrogens (tertiary/aromatic N) is 1. The highest BCUT2D eigenvalue weighted by Gasteiger charge is 2.12. The van der Waals surface area contributed by atoms with Gasteiger partial charge in [0, 0.05) is 33.4 Å². The van der Waals surface area contributed by atoms with Gasteiger partial charge in [-0.05, 0) is 38.8 Å². The lowest BCUT2D eigenvalue weighted by molar-refractivity contribution is 0.0888. The Morgan fingerprint density at radius 3 is 2.05 bits per heavy atom. The van der Waals surface area contributed by atoms with Gasteiger partial charge in [0.25, 0.3) is 0 Å². The number of hydrogen-bond donors (Lipinski definition) is 1. The van der Waals surface area contributed by atoms with Gasteiger partial charge in [-0.2, -0.15) is 0 Å². The van der Waals surface area contributed by atoms with Crippen LogP contribution in [0.5, 0.6) is 0 Å². The molecule has 1 unspecified atom stereocenters. The molecule has 0 spiro atoms. The maximum atomic E-state index is 5.18. The zero-order chi connectivity index (χ0) is 14.5. The molecule has 0 aromatic carbocycles. The summed E-state index contributed by atoms with van der Waals surface area (Å²) in [6.45, 7) is 12.6. The molecule has 4 nitrogen and oxygen atoms in total. The van der Waals surface area contributed by atoms with Crippen LogP contribution in [0.2, 0.25) is 0 Å². The number of methoxy groups -OCH3 is 2. The van der Waals surface area contributed by atoms with Gasteiger partial charge in [-0.15, -0.1) is 0 Å². The van der Waals surface area contributed by atoms with Gasteiger partial charge in [-0.3, -0.25) is 4.90 Å². The third-order valence-electron chi connectivity index (χ3n) is 3.32. The van der Waals surface area contributed by atoms with Crippen LogP contribution in [-0.2, 0) is 9.47 Å². The maximum Gasteiger partial charge on any atom is 0.0589 e. The summed E-state index contributed by atoms with van der Waals surface area (Å²) in [4.78, 5) is 2.45. The molecule has 1 N–H and O–H groups in total. The molecule has 0 saturated heterocycles. The molecular formula is C15H34N2O2. The third-order valence-corrected chi connectivity index (χ3v) is 3.32. The Morgan fingerprint density at radius 1 is 1.00 bits per heavy atom. The minimum Gasteiger partial charge on any atom is -0.383 e. The van der Waals surface area contributed by atoms with Gasteiger partial charge in [-0.25, -0.2) is 0 Å². The van der Waals surface area contributed by atoms with Gasteiger partial charge in [-0.1, -0.05) is 13.8 Å². The van der Waals surface area contributed by atoms with E-state index in [0.717, 1.165) is 45.3 Å². The van der Waals surface area contributed by atoms with Crippen molar-refractivity contribution in [2.45, 2.75) is 39.7 Å². The molecule has 4 heteroatoms. The average molecular weight is 274 g/mol. The van der Waals surface area contributed by atoms with E-state index in [9.17, 15) is 0 Å². The van der Waals surface area contributed by atoms with Crippen molar-refractivity contribution in [3.05, 3.63) is 0 Å². The maximum absolute atomic E-state index is 5.18. The summed E-state index contributed by atoms with van der Waals surface area (Å²) in [6.07, 6.45) is 2.45. The summed E-state index contributed by atoms with van der Waals surface area (Å²) in [6, 6.07) is 0.589. The van der Waals surface area contributed by atoms with E-state index >= 15 is 0 Å². The third kappa shape index (κ3) is 11.4. The molecule has 0 aliphatic heterocycles. The van der Waals surface area contributed by atoms with Crippen molar-refractivity contribution < 1.29 is 9.47 Å². The smallest absolute Gasteiger partial charge is 0.0589 e. The summed E-state index contributed by atoms with van der Waals surface area (Å²) in [7, 11) is 3.52.